The smallest absolute Gasteiger partial charge is 0.0763 e. The maximum absolute atomic E-state index is 12.5. The van der Waals surface area contributed by atoms with E-state index in [9.17, 15) is 4.21 Å². The predicted molar refractivity (Wildman–Crippen MR) is 81.8 cm³/mol. The van der Waals surface area contributed by atoms with Crippen molar-refractivity contribution < 1.29 is 8.95 Å². The highest BCUT2D eigenvalue weighted by atomic mass is 32.2. The van der Waals surface area contributed by atoms with Gasteiger partial charge in [-0.05, 0) is 36.6 Å². The van der Waals surface area contributed by atoms with E-state index >= 15 is 0 Å². The molecule has 5 heteroatoms. The lowest BCUT2D eigenvalue weighted by Crippen LogP contribution is -2.25. The summed E-state index contributed by atoms with van der Waals surface area (Å²) in [5.74, 6) is 0.540. The van der Waals surface area contributed by atoms with Crippen LogP contribution in [0.4, 0.5) is 5.69 Å². The zero-order valence-corrected chi connectivity index (χ0v) is 12.1. The molecule has 1 aromatic carbocycles. The number of ether oxygens (including phenoxy) is 1. The number of nitrogens with two attached hydrogens (primary N) is 1. The summed E-state index contributed by atoms with van der Waals surface area (Å²) < 4.78 is 17.8. The van der Waals surface area contributed by atoms with Gasteiger partial charge in [-0.15, -0.1) is 0 Å². The van der Waals surface area contributed by atoms with Gasteiger partial charge in [0.2, 0.25) is 0 Å². The van der Waals surface area contributed by atoms with E-state index in [1.807, 2.05) is 24.3 Å². The highest BCUT2D eigenvalue weighted by molar-refractivity contribution is 7.84. The Morgan fingerprint density at radius 3 is 2.90 bits per heavy atom. The molecule has 1 unspecified atom stereocenters. The second kappa shape index (κ2) is 5.89. The van der Waals surface area contributed by atoms with Crippen LogP contribution in [0.5, 0.6) is 0 Å². The van der Waals surface area contributed by atoms with E-state index in [1.165, 1.54) is 0 Å². The van der Waals surface area contributed by atoms with Crippen molar-refractivity contribution in [3.05, 3.63) is 36.0 Å². The van der Waals surface area contributed by atoms with Crippen molar-refractivity contribution in [2.45, 2.75) is 23.8 Å². The van der Waals surface area contributed by atoms with Crippen LogP contribution in [0.3, 0.4) is 0 Å². The Hall–Kier alpha value is -1.46. The summed E-state index contributed by atoms with van der Waals surface area (Å²) in [7, 11) is -0.881. The van der Waals surface area contributed by atoms with Crippen molar-refractivity contribution in [1.29, 1.82) is 0 Å². The maximum atomic E-state index is 12.5. The number of rotatable bonds is 3. The second-order valence-electron chi connectivity index (χ2n) is 5.05. The third-order valence-electron chi connectivity index (χ3n) is 3.72. The lowest BCUT2D eigenvalue weighted by atomic mass is 10.1. The highest BCUT2D eigenvalue weighted by Gasteiger charge is 2.21. The molecule has 0 spiro atoms. The summed E-state index contributed by atoms with van der Waals surface area (Å²) in [6.45, 7) is 1.44. The molecule has 4 nitrogen and oxygen atoms in total. The zero-order chi connectivity index (χ0) is 13.9. The van der Waals surface area contributed by atoms with Gasteiger partial charge in [0.05, 0.1) is 11.3 Å². The number of nitrogen functional groups attached to an aromatic ring is 1. The fourth-order valence-corrected chi connectivity index (χ4v) is 4.07. The van der Waals surface area contributed by atoms with Crippen LogP contribution in [0.25, 0.3) is 10.9 Å². The first-order chi connectivity index (χ1) is 9.75. The molecule has 1 aliphatic rings. The third kappa shape index (κ3) is 2.69. The molecule has 0 saturated carbocycles. The van der Waals surface area contributed by atoms with E-state index in [4.69, 9.17) is 10.5 Å². The van der Waals surface area contributed by atoms with Crippen molar-refractivity contribution in [2.75, 3.05) is 18.9 Å². The summed E-state index contributed by atoms with van der Waals surface area (Å²) in [5.41, 5.74) is 8.56. The molecule has 20 heavy (non-hydrogen) atoms. The Labute approximate surface area is 120 Å². The number of anilines is 1. The minimum Gasteiger partial charge on any atom is -0.398 e. The van der Waals surface area contributed by atoms with Gasteiger partial charge in [0.15, 0.2) is 0 Å². The summed E-state index contributed by atoms with van der Waals surface area (Å²) in [4.78, 5) is 4.40. The van der Waals surface area contributed by atoms with Crippen LogP contribution in [-0.4, -0.2) is 27.7 Å². The normalized spacial score (nSPS) is 18.2. The molecule has 0 aliphatic carbocycles. The molecule has 3 rings (SSSR count). The summed E-state index contributed by atoms with van der Waals surface area (Å²) in [6.07, 6.45) is 3.52. The van der Waals surface area contributed by atoms with Crippen LogP contribution in [0, 0.1) is 0 Å². The molecule has 1 saturated heterocycles. The SMILES string of the molecule is Nc1ccc(CS(=O)C2CCOCC2)c2ncccc12. The minimum atomic E-state index is -0.881. The van der Waals surface area contributed by atoms with Crippen molar-refractivity contribution in [1.82, 2.24) is 4.98 Å². The topological polar surface area (TPSA) is 65.2 Å². The van der Waals surface area contributed by atoms with E-state index in [0.717, 1.165) is 42.5 Å². The summed E-state index contributed by atoms with van der Waals surface area (Å²) in [6, 6.07) is 7.65. The van der Waals surface area contributed by atoms with Crippen LogP contribution in [0.15, 0.2) is 30.5 Å². The first-order valence-electron chi connectivity index (χ1n) is 6.82. The molecule has 2 aromatic rings. The van der Waals surface area contributed by atoms with Crippen LogP contribution < -0.4 is 5.73 Å². The lowest BCUT2D eigenvalue weighted by Gasteiger charge is -2.21. The Balaban J connectivity index is 1.87. The third-order valence-corrected chi connectivity index (χ3v) is 5.54. The van der Waals surface area contributed by atoms with E-state index in [1.54, 1.807) is 6.20 Å². The predicted octanol–water partition coefficient (Wildman–Crippen LogP) is 2.24. The molecule has 1 fully saturated rings. The van der Waals surface area contributed by atoms with E-state index < -0.39 is 10.8 Å². The fourth-order valence-electron chi connectivity index (χ4n) is 2.58. The first kappa shape index (κ1) is 13.5. The Morgan fingerprint density at radius 1 is 1.30 bits per heavy atom. The maximum Gasteiger partial charge on any atom is 0.0763 e. The molecule has 2 heterocycles. The Kier molecular flexibility index (Phi) is 3.98. The van der Waals surface area contributed by atoms with E-state index in [0.29, 0.717) is 11.4 Å². The zero-order valence-electron chi connectivity index (χ0n) is 11.2. The van der Waals surface area contributed by atoms with Gasteiger partial charge in [-0.25, -0.2) is 0 Å². The van der Waals surface area contributed by atoms with Gasteiger partial charge < -0.3 is 10.5 Å². The molecule has 2 N–H and O–H groups in total. The summed E-state index contributed by atoms with van der Waals surface area (Å²) >= 11 is 0. The van der Waals surface area contributed by atoms with Gasteiger partial charge >= 0.3 is 0 Å². The van der Waals surface area contributed by atoms with Crippen LogP contribution in [0.2, 0.25) is 0 Å². The molecule has 1 aromatic heterocycles. The number of fused-ring (bicyclic) bond motifs is 1. The van der Waals surface area contributed by atoms with Gasteiger partial charge in [0.25, 0.3) is 0 Å². The average molecular weight is 290 g/mol. The van der Waals surface area contributed by atoms with Gasteiger partial charge in [-0.3, -0.25) is 9.19 Å². The average Bonchev–Trinajstić information content (AvgIpc) is 2.51. The quantitative estimate of drug-likeness (QED) is 0.881. The molecule has 1 aliphatic heterocycles. The molecule has 1 atom stereocenters. The molecular weight excluding hydrogens is 272 g/mol. The van der Waals surface area contributed by atoms with E-state index in [-0.39, 0.29) is 5.25 Å². The van der Waals surface area contributed by atoms with Crippen molar-refractivity contribution in [3.8, 4) is 0 Å². The number of pyridine rings is 1. The Morgan fingerprint density at radius 2 is 2.10 bits per heavy atom. The van der Waals surface area contributed by atoms with Crippen molar-refractivity contribution >= 4 is 27.4 Å². The van der Waals surface area contributed by atoms with Gasteiger partial charge in [-0.2, -0.15) is 0 Å². The molecule has 106 valence electrons. The lowest BCUT2D eigenvalue weighted by molar-refractivity contribution is 0.0992. The molecule has 0 radical (unpaired) electrons. The van der Waals surface area contributed by atoms with Gasteiger partial charge in [0.1, 0.15) is 0 Å². The Bertz CT molecular complexity index is 639. The number of hydrogen-bond acceptors (Lipinski definition) is 4. The van der Waals surface area contributed by atoms with E-state index in [2.05, 4.69) is 4.98 Å². The molecule has 0 bridgehead atoms. The monoisotopic (exact) mass is 290 g/mol. The minimum absolute atomic E-state index is 0.236. The first-order valence-corrected chi connectivity index (χ1v) is 8.21. The number of nitrogens with zero attached hydrogens (tertiary/aromatic N) is 1. The number of aromatic nitrogens is 1. The standard InChI is InChI=1S/C15H18N2O2S/c16-14-4-3-11(15-13(14)2-1-7-17-15)10-20(18)12-5-8-19-9-6-12/h1-4,7,12H,5-6,8-10,16H2. The highest BCUT2D eigenvalue weighted by Crippen LogP contribution is 2.25. The van der Waals surface area contributed by atoms with Crippen LogP contribution in [-0.2, 0) is 21.3 Å². The number of hydrogen-bond donors (Lipinski definition) is 1. The second-order valence-corrected chi connectivity index (χ2v) is 6.77. The van der Waals surface area contributed by atoms with Crippen molar-refractivity contribution in [2.24, 2.45) is 0 Å². The largest absolute Gasteiger partial charge is 0.398 e. The number of benzene rings is 1. The van der Waals surface area contributed by atoms with Crippen LogP contribution >= 0.6 is 0 Å². The van der Waals surface area contributed by atoms with Gasteiger partial charge in [0, 0.05) is 46.5 Å². The molecule has 0 amide bonds. The van der Waals surface area contributed by atoms with Crippen LogP contribution in [0.1, 0.15) is 18.4 Å². The molecular formula is C15H18N2O2S. The summed E-state index contributed by atoms with van der Waals surface area (Å²) in [5, 5.41) is 1.18. The van der Waals surface area contributed by atoms with Gasteiger partial charge in [-0.1, -0.05) is 6.07 Å². The fraction of sp³-hybridized carbons (Fsp3) is 0.400. The van der Waals surface area contributed by atoms with Crippen molar-refractivity contribution in [3.63, 3.8) is 0 Å².